The minimum atomic E-state index is 0.0280. The van der Waals surface area contributed by atoms with Gasteiger partial charge < -0.3 is 4.90 Å². The second-order valence-corrected chi connectivity index (χ2v) is 9.13. The molecule has 1 aliphatic heterocycles. The van der Waals surface area contributed by atoms with E-state index in [0.29, 0.717) is 5.91 Å². The number of carbonyl (C=O) groups excluding carboxylic acids is 1. The maximum atomic E-state index is 13.4. The lowest BCUT2D eigenvalue weighted by molar-refractivity contribution is -0.159. The topological polar surface area (TPSA) is 36.4 Å². The van der Waals surface area contributed by atoms with Crippen LogP contribution in [0.25, 0.3) is 0 Å². The third kappa shape index (κ3) is 2.88. The number of rotatable bonds is 3. The lowest BCUT2D eigenvalue weighted by atomic mass is 9.49. The van der Waals surface area contributed by atoms with Gasteiger partial charge in [-0.25, -0.2) is 0 Å². The summed E-state index contributed by atoms with van der Waals surface area (Å²) in [5.41, 5.74) is 1.30. The predicted molar refractivity (Wildman–Crippen MR) is 96.7 cm³/mol. The molecule has 5 fully saturated rings. The number of hydrogen-bond acceptors (Lipinski definition) is 3. The van der Waals surface area contributed by atoms with Gasteiger partial charge in [-0.15, -0.1) is 0 Å². The van der Waals surface area contributed by atoms with Crippen molar-refractivity contribution in [2.75, 3.05) is 26.2 Å². The molecule has 25 heavy (non-hydrogen) atoms. The second kappa shape index (κ2) is 6.08. The molecule has 1 saturated heterocycles. The Morgan fingerprint density at radius 1 is 1.04 bits per heavy atom. The normalized spacial score (nSPS) is 37.4. The first kappa shape index (κ1) is 15.8. The van der Waals surface area contributed by atoms with Crippen molar-refractivity contribution < 1.29 is 4.79 Å². The van der Waals surface area contributed by atoms with Gasteiger partial charge in [0.15, 0.2) is 0 Å². The number of aromatic nitrogens is 1. The second-order valence-electron chi connectivity index (χ2n) is 9.13. The number of pyridine rings is 1. The Morgan fingerprint density at radius 2 is 1.68 bits per heavy atom. The Bertz CT molecular complexity index is 601. The molecule has 1 amide bonds. The molecule has 2 heterocycles. The Balaban J connectivity index is 1.22. The van der Waals surface area contributed by atoms with E-state index >= 15 is 0 Å². The highest BCUT2D eigenvalue weighted by Gasteiger charge is 2.55. The van der Waals surface area contributed by atoms with E-state index in [-0.39, 0.29) is 5.41 Å². The standard InChI is InChI=1S/C21H29N3O/c25-20(21-11-17-8-18(12-21)10-19(9-17)13-21)24-6-4-23(5-7-24)15-16-2-1-3-22-14-16/h1-3,14,17-19H,4-13,15H2. The average molecular weight is 339 g/mol. The van der Waals surface area contributed by atoms with Gasteiger partial charge in [0.1, 0.15) is 0 Å². The molecule has 0 atom stereocenters. The van der Waals surface area contributed by atoms with E-state index in [2.05, 4.69) is 20.9 Å². The summed E-state index contributed by atoms with van der Waals surface area (Å²) in [7, 11) is 0. The van der Waals surface area contributed by atoms with Crippen LogP contribution in [0.4, 0.5) is 0 Å². The van der Waals surface area contributed by atoms with Crippen molar-refractivity contribution in [2.45, 2.75) is 45.1 Å². The smallest absolute Gasteiger partial charge is 0.228 e. The third-order valence-electron chi connectivity index (χ3n) is 7.28. The molecule has 1 aromatic heterocycles. The van der Waals surface area contributed by atoms with Gasteiger partial charge >= 0.3 is 0 Å². The molecule has 134 valence electrons. The Kier molecular flexibility index (Phi) is 3.85. The zero-order valence-corrected chi connectivity index (χ0v) is 15.1. The van der Waals surface area contributed by atoms with Gasteiger partial charge in [-0.2, -0.15) is 0 Å². The van der Waals surface area contributed by atoms with Crippen LogP contribution in [0.15, 0.2) is 24.5 Å². The Labute approximate surface area is 150 Å². The molecule has 0 radical (unpaired) electrons. The van der Waals surface area contributed by atoms with Gasteiger partial charge in [0, 0.05) is 45.1 Å². The number of piperazine rings is 1. The lowest BCUT2D eigenvalue weighted by Gasteiger charge is -2.57. The maximum Gasteiger partial charge on any atom is 0.228 e. The van der Waals surface area contributed by atoms with Crippen LogP contribution in [0.2, 0.25) is 0 Å². The van der Waals surface area contributed by atoms with Gasteiger partial charge in [0.2, 0.25) is 5.91 Å². The average Bonchev–Trinajstić information content (AvgIpc) is 2.61. The fourth-order valence-electron chi connectivity index (χ4n) is 6.57. The molecule has 4 bridgehead atoms. The largest absolute Gasteiger partial charge is 0.340 e. The molecule has 4 aliphatic carbocycles. The fourth-order valence-corrected chi connectivity index (χ4v) is 6.57. The van der Waals surface area contributed by atoms with E-state index < -0.39 is 0 Å². The van der Waals surface area contributed by atoms with Gasteiger partial charge in [-0.3, -0.25) is 14.7 Å². The number of carbonyl (C=O) groups is 1. The first-order chi connectivity index (χ1) is 12.2. The Hall–Kier alpha value is -1.42. The molecule has 0 N–H and O–H groups in total. The molecule has 5 aliphatic rings. The molecular formula is C21H29N3O. The molecule has 6 rings (SSSR count). The Morgan fingerprint density at radius 3 is 2.24 bits per heavy atom. The van der Waals surface area contributed by atoms with Crippen LogP contribution in [0, 0.1) is 23.2 Å². The van der Waals surface area contributed by atoms with Crippen molar-refractivity contribution in [3.63, 3.8) is 0 Å². The summed E-state index contributed by atoms with van der Waals surface area (Å²) in [4.78, 5) is 22.3. The van der Waals surface area contributed by atoms with Gasteiger partial charge in [-0.1, -0.05) is 6.07 Å². The molecule has 0 spiro atoms. The van der Waals surface area contributed by atoms with Crippen LogP contribution in [-0.2, 0) is 11.3 Å². The van der Waals surface area contributed by atoms with Gasteiger partial charge in [0.25, 0.3) is 0 Å². The van der Waals surface area contributed by atoms with E-state index in [9.17, 15) is 4.79 Å². The number of amides is 1. The highest BCUT2D eigenvalue weighted by molar-refractivity contribution is 5.83. The number of hydrogen-bond donors (Lipinski definition) is 0. The summed E-state index contributed by atoms with van der Waals surface area (Å²) in [6.07, 6.45) is 11.6. The van der Waals surface area contributed by atoms with E-state index in [4.69, 9.17) is 0 Å². The summed E-state index contributed by atoms with van der Waals surface area (Å²) in [6.45, 7) is 4.74. The maximum absolute atomic E-state index is 13.4. The van der Waals surface area contributed by atoms with Crippen LogP contribution >= 0.6 is 0 Å². The fraction of sp³-hybridized carbons (Fsp3) is 0.714. The summed E-state index contributed by atoms with van der Waals surface area (Å²) in [5, 5.41) is 0. The molecule has 4 saturated carbocycles. The van der Waals surface area contributed by atoms with E-state index in [1.165, 1.54) is 44.1 Å². The van der Waals surface area contributed by atoms with Crippen molar-refractivity contribution in [1.82, 2.24) is 14.8 Å². The molecule has 4 heteroatoms. The van der Waals surface area contributed by atoms with Crippen molar-refractivity contribution >= 4 is 5.91 Å². The molecule has 4 nitrogen and oxygen atoms in total. The minimum Gasteiger partial charge on any atom is -0.340 e. The van der Waals surface area contributed by atoms with Crippen molar-refractivity contribution in [3.8, 4) is 0 Å². The van der Waals surface area contributed by atoms with Gasteiger partial charge in [-0.05, 0) is 67.9 Å². The summed E-state index contributed by atoms with van der Waals surface area (Å²) >= 11 is 0. The van der Waals surface area contributed by atoms with E-state index in [1.807, 2.05) is 18.5 Å². The summed E-state index contributed by atoms with van der Waals surface area (Å²) in [5.74, 6) is 3.05. The quantitative estimate of drug-likeness (QED) is 0.849. The molecule has 1 aromatic rings. The first-order valence-electron chi connectivity index (χ1n) is 10.1. The number of nitrogens with zero attached hydrogens (tertiary/aromatic N) is 3. The van der Waals surface area contributed by atoms with Crippen LogP contribution < -0.4 is 0 Å². The van der Waals surface area contributed by atoms with Crippen molar-refractivity contribution in [1.29, 1.82) is 0 Å². The zero-order valence-electron chi connectivity index (χ0n) is 15.1. The van der Waals surface area contributed by atoms with Crippen LogP contribution in [-0.4, -0.2) is 46.9 Å². The van der Waals surface area contributed by atoms with Crippen molar-refractivity contribution in [3.05, 3.63) is 30.1 Å². The van der Waals surface area contributed by atoms with E-state index in [1.54, 1.807) is 0 Å². The summed E-state index contributed by atoms with van der Waals surface area (Å²) in [6, 6.07) is 4.14. The van der Waals surface area contributed by atoms with Crippen molar-refractivity contribution in [2.24, 2.45) is 23.2 Å². The lowest BCUT2D eigenvalue weighted by Crippen LogP contribution is -2.58. The molecule has 0 aromatic carbocycles. The van der Waals surface area contributed by atoms with Gasteiger partial charge in [0.05, 0.1) is 5.41 Å². The van der Waals surface area contributed by atoms with Crippen LogP contribution in [0.5, 0.6) is 0 Å². The zero-order chi connectivity index (χ0) is 16.9. The van der Waals surface area contributed by atoms with E-state index in [0.717, 1.165) is 50.5 Å². The first-order valence-corrected chi connectivity index (χ1v) is 10.1. The highest BCUT2D eigenvalue weighted by atomic mass is 16.2. The monoisotopic (exact) mass is 339 g/mol. The van der Waals surface area contributed by atoms with Crippen LogP contribution in [0.3, 0.4) is 0 Å². The SMILES string of the molecule is O=C(N1CCN(Cc2cccnc2)CC1)C12CC3CC(CC(C3)C1)C2. The highest BCUT2D eigenvalue weighted by Crippen LogP contribution is 2.60. The van der Waals surface area contributed by atoms with Crippen LogP contribution in [0.1, 0.15) is 44.1 Å². The summed E-state index contributed by atoms with van der Waals surface area (Å²) < 4.78 is 0. The predicted octanol–water partition coefficient (Wildman–Crippen LogP) is 2.94. The third-order valence-corrected chi connectivity index (χ3v) is 7.28. The minimum absolute atomic E-state index is 0.0280. The molecule has 0 unspecified atom stereocenters. The molecular weight excluding hydrogens is 310 g/mol.